The highest BCUT2D eigenvalue weighted by Gasteiger charge is 2.25. The van der Waals surface area contributed by atoms with Crippen LogP contribution in [0.5, 0.6) is 5.75 Å². The molecule has 0 aliphatic carbocycles. The Hall–Kier alpha value is -1.03. The van der Waals surface area contributed by atoms with Gasteiger partial charge in [0, 0.05) is 42.8 Å². The van der Waals surface area contributed by atoms with E-state index in [4.69, 9.17) is 16.3 Å². The summed E-state index contributed by atoms with van der Waals surface area (Å²) in [7, 11) is 1.71. The number of ether oxygens (including phenoxy) is 1. The number of halogens is 1. The van der Waals surface area contributed by atoms with Crippen molar-refractivity contribution in [3.8, 4) is 5.75 Å². The molecule has 1 heterocycles. The molecule has 0 bridgehead atoms. The SMILES string of the molecule is C=C(C)C[C@@H](c1cc(Cl)ccc1OC)N1CCNCC1. The Labute approximate surface area is 126 Å². The molecule has 1 fully saturated rings. The lowest BCUT2D eigenvalue weighted by atomic mass is 9.97. The third-order valence-corrected chi connectivity index (χ3v) is 3.92. The second-order valence-corrected chi connectivity index (χ2v) is 5.79. The third kappa shape index (κ3) is 3.75. The fourth-order valence-corrected chi connectivity index (χ4v) is 2.91. The van der Waals surface area contributed by atoms with Gasteiger partial charge in [0.15, 0.2) is 0 Å². The van der Waals surface area contributed by atoms with Crippen LogP contribution >= 0.6 is 11.6 Å². The molecule has 0 aromatic heterocycles. The van der Waals surface area contributed by atoms with Gasteiger partial charge >= 0.3 is 0 Å². The highest BCUT2D eigenvalue weighted by molar-refractivity contribution is 6.30. The summed E-state index contributed by atoms with van der Waals surface area (Å²) in [5.74, 6) is 0.902. The van der Waals surface area contributed by atoms with Gasteiger partial charge in [-0.15, -0.1) is 6.58 Å². The van der Waals surface area contributed by atoms with E-state index in [1.54, 1.807) is 7.11 Å². The lowest BCUT2D eigenvalue weighted by Crippen LogP contribution is -2.45. The summed E-state index contributed by atoms with van der Waals surface area (Å²) in [6.07, 6.45) is 0.927. The van der Waals surface area contributed by atoms with Gasteiger partial charge in [-0.2, -0.15) is 0 Å². The predicted octanol–water partition coefficient (Wildman–Crippen LogP) is 3.26. The molecule has 2 rings (SSSR count). The van der Waals surface area contributed by atoms with Gasteiger partial charge in [-0.05, 0) is 31.5 Å². The number of methoxy groups -OCH3 is 1. The molecule has 0 spiro atoms. The van der Waals surface area contributed by atoms with Crippen LogP contribution in [-0.2, 0) is 0 Å². The Morgan fingerprint density at radius 2 is 2.15 bits per heavy atom. The van der Waals surface area contributed by atoms with Gasteiger partial charge in [-0.3, -0.25) is 4.90 Å². The largest absolute Gasteiger partial charge is 0.496 e. The van der Waals surface area contributed by atoms with Gasteiger partial charge in [0.05, 0.1) is 7.11 Å². The van der Waals surface area contributed by atoms with Crippen molar-refractivity contribution in [2.45, 2.75) is 19.4 Å². The quantitative estimate of drug-likeness (QED) is 0.844. The van der Waals surface area contributed by atoms with E-state index in [2.05, 4.69) is 23.7 Å². The molecule has 3 nitrogen and oxygen atoms in total. The number of nitrogens with zero attached hydrogens (tertiary/aromatic N) is 1. The predicted molar refractivity (Wildman–Crippen MR) is 84.6 cm³/mol. The zero-order valence-electron chi connectivity index (χ0n) is 12.3. The Morgan fingerprint density at radius 3 is 2.75 bits per heavy atom. The second-order valence-electron chi connectivity index (χ2n) is 5.35. The van der Waals surface area contributed by atoms with Crippen LogP contribution in [0.2, 0.25) is 5.02 Å². The van der Waals surface area contributed by atoms with E-state index in [9.17, 15) is 0 Å². The molecule has 0 amide bonds. The normalized spacial score (nSPS) is 17.8. The molecule has 4 heteroatoms. The molecular weight excluding hydrogens is 272 g/mol. The molecule has 20 heavy (non-hydrogen) atoms. The zero-order chi connectivity index (χ0) is 14.5. The average molecular weight is 295 g/mol. The molecule has 1 aromatic rings. The van der Waals surface area contributed by atoms with E-state index in [1.165, 1.54) is 5.57 Å². The maximum atomic E-state index is 6.18. The first kappa shape index (κ1) is 15.4. The molecule has 1 aliphatic rings. The fraction of sp³-hybridized carbons (Fsp3) is 0.500. The highest BCUT2D eigenvalue weighted by Crippen LogP contribution is 2.35. The maximum Gasteiger partial charge on any atom is 0.123 e. The van der Waals surface area contributed by atoms with Gasteiger partial charge in [0.25, 0.3) is 0 Å². The maximum absolute atomic E-state index is 6.18. The van der Waals surface area contributed by atoms with Gasteiger partial charge in [-0.25, -0.2) is 0 Å². The fourth-order valence-electron chi connectivity index (χ4n) is 2.73. The van der Waals surface area contributed by atoms with Crippen molar-refractivity contribution in [1.29, 1.82) is 0 Å². The van der Waals surface area contributed by atoms with E-state index >= 15 is 0 Å². The van der Waals surface area contributed by atoms with Crippen LogP contribution in [0.15, 0.2) is 30.4 Å². The average Bonchev–Trinajstić information content (AvgIpc) is 2.45. The molecule has 1 aliphatic heterocycles. The van der Waals surface area contributed by atoms with E-state index in [0.29, 0.717) is 0 Å². The minimum absolute atomic E-state index is 0.281. The van der Waals surface area contributed by atoms with Gasteiger partial charge in [-0.1, -0.05) is 17.2 Å². The monoisotopic (exact) mass is 294 g/mol. The standard InChI is InChI=1S/C16H23ClN2O/c1-12(2)10-15(19-8-6-18-7-9-19)14-11-13(17)4-5-16(14)20-3/h4-5,11,15,18H,1,6-10H2,2-3H3/t15-/m0/s1. The van der Waals surface area contributed by atoms with Crippen LogP contribution in [0.25, 0.3) is 0 Å². The van der Waals surface area contributed by atoms with Crippen LogP contribution in [0, 0.1) is 0 Å². The third-order valence-electron chi connectivity index (χ3n) is 3.68. The summed E-state index contributed by atoms with van der Waals surface area (Å²) >= 11 is 6.18. The highest BCUT2D eigenvalue weighted by atomic mass is 35.5. The lowest BCUT2D eigenvalue weighted by molar-refractivity contribution is 0.169. The summed E-state index contributed by atoms with van der Waals surface area (Å²) in [6, 6.07) is 6.13. The summed E-state index contributed by atoms with van der Waals surface area (Å²) in [5.41, 5.74) is 2.33. The molecule has 1 aromatic carbocycles. The molecule has 0 unspecified atom stereocenters. The Kier molecular flexibility index (Phi) is 5.46. The van der Waals surface area contributed by atoms with Crippen molar-refractivity contribution in [2.24, 2.45) is 0 Å². The van der Waals surface area contributed by atoms with E-state index in [1.807, 2.05) is 18.2 Å². The van der Waals surface area contributed by atoms with Crippen LogP contribution in [-0.4, -0.2) is 38.2 Å². The van der Waals surface area contributed by atoms with Crippen LogP contribution in [0.1, 0.15) is 24.9 Å². The first-order valence-corrected chi connectivity index (χ1v) is 7.42. The second kappa shape index (κ2) is 7.11. The first-order chi connectivity index (χ1) is 9.61. The van der Waals surface area contributed by atoms with Crippen LogP contribution in [0.3, 0.4) is 0 Å². The smallest absolute Gasteiger partial charge is 0.123 e. The van der Waals surface area contributed by atoms with Gasteiger partial charge in [0.2, 0.25) is 0 Å². The lowest BCUT2D eigenvalue weighted by Gasteiger charge is -2.36. The molecule has 0 radical (unpaired) electrons. The molecule has 110 valence electrons. The minimum atomic E-state index is 0.281. The van der Waals surface area contributed by atoms with Crippen molar-refractivity contribution in [3.05, 3.63) is 40.9 Å². The first-order valence-electron chi connectivity index (χ1n) is 7.04. The number of hydrogen-bond acceptors (Lipinski definition) is 3. The summed E-state index contributed by atoms with van der Waals surface area (Å²) in [5, 5.41) is 4.15. The molecular formula is C16H23ClN2O. The number of hydrogen-bond donors (Lipinski definition) is 1. The number of benzene rings is 1. The van der Waals surface area contributed by atoms with Crippen LogP contribution < -0.4 is 10.1 Å². The Bertz CT molecular complexity index is 470. The molecule has 1 N–H and O–H groups in total. The summed E-state index contributed by atoms with van der Waals surface area (Å²) < 4.78 is 5.52. The van der Waals surface area contributed by atoms with E-state index in [0.717, 1.165) is 48.9 Å². The van der Waals surface area contributed by atoms with Crippen molar-refractivity contribution in [2.75, 3.05) is 33.3 Å². The number of rotatable bonds is 5. The Morgan fingerprint density at radius 1 is 1.45 bits per heavy atom. The number of nitrogens with one attached hydrogen (secondary N) is 1. The summed E-state index contributed by atoms with van der Waals surface area (Å²) in [6.45, 7) is 10.3. The van der Waals surface area contributed by atoms with Crippen molar-refractivity contribution < 1.29 is 4.74 Å². The van der Waals surface area contributed by atoms with E-state index < -0.39 is 0 Å². The minimum Gasteiger partial charge on any atom is -0.496 e. The van der Waals surface area contributed by atoms with Crippen molar-refractivity contribution >= 4 is 11.6 Å². The number of piperazine rings is 1. The van der Waals surface area contributed by atoms with Crippen molar-refractivity contribution in [3.63, 3.8) is 0 Å². The van der Waals surface area contributed by atoms with Crippen LogP contribution in [0.4, 0.5) is 0 Å². The summed E-state index contributed by atoms with van der Waals surface area (Å²) in [4.78, 5) is 2.49. The molecule has 1 atom stereocenters. The molecule has 1 saturated heterocycles. The topological polar surface area (TPSA) is 24.5 Å². The van der Waals surface area contributed by atoms with Crippen molar-refractivity contribution in [1.82, 2.24) is 10.2 Å². The van der Waals surface area contributed by atoms with Gasteiger partial charge in [0.1, 0.15) is 5.75 Å². The Balaban J connectivity index is 2.34. The van der Waals surface area contributed by atoms with E-state index in [-0.39, 0.29) is 6.04 Å². The zero-order valence-corrected chi connectivity index (χ0v) is 13.0. The molecule has 0 saturated carbocycles. The van der Waals surface area contributed by atoms with Gasteiger partial charge < -0.3 is 10.1 Å².